The van der Waals surface area contributed by atoms with Crippen LogP contribution in [0, 0.1) is 0 Å². The topological polar surface area (TPSA) is 108 Å². The molecule has 4 aromatic rings. The van der Waals surface area contributed by atoms with Crippen LogP contribution in [0.3, 0.4) is 0 Å². The summed E-state index contributed by atoms with van der Waals surface area (Å²) < 4.78 is 1.07. The van der Waals surface area contributed by atoms with Crippen LogP contribution in [0.1, 0.15) is 5.69 Å². The second-order valence-corrected chi connectivity index (χ2v) is 5.88. The summed E-state index contributed by atoms with van der Waals surface area (Å²) in [7, 11) is 0. The van der Waals surface area contributed by atoms with Gasteiger partial charge < -0.3 is 11.1 Å². The summed E-state index contributed by atoms with van der Waals surface area (Å²) in [6.45, 7) is 0.649. The number of nitrogens with two attached hydrogens (primary N) is 1. The van der Waals surface area contributed by atoms with Gasteiger partial charge in [0, 0.05) is 18.5 Å². The van der Waals surface area contributed by atoms with E-state index >= 15 is 0 Å². The summed E-state index contributed by atoms with van der Waals surface area (Å²) in [4.78, 5) is 5.48. The zero-order valence-corrected chi connectivity index (χ0v) is 12.3. The van der Waals surface area contributed by atoms with E-state index in [4.69, 9.17) is 5.73 Å². The molecule has 0 aliphatic rings. The standard InChI is InChI=1S/C14H13N7S/c15-13-6-10(16-7-8-1-3-17-20-8)14-11(19-13)5-12(22-14)9-2-4-18-21-9/h1-6H,7H2,(H,17,20)(H,18,21)(H3,15,16,19). The lowest BCUT2D eigenvalue weighted by atomic mass is 10.3. The maximum atomic E-state index is 5.91. The van der Waals surface area contributed by atoms with Crippen molar-refractivity contribution in [3.05, 3.63) is 42.4 Å². The average Bonchev–Trinajstić information content (AvgIpc) is 3.24. The molecular weight excluding hydrogens is 298 g/mol. The lowest BCUT2D eigenvalue weighted by Gasteiger charge is -2.06. The van der Waals surface area contributed by atoms with Gasteiger partial charge in [0.25, 0.3) is 0 Å². The molecule has 22 heavy (non-hydrogen) atoms. The van der Waals surface area contributed by atoms with Crippen LogP contribution in [0.15, 0.2) is 36.7 Å². The Labute approximate surface area is 129 Å². The van der Waals surface area contributed by atoms with Gasteiger partial charge in [0.1, 0.15) is 5.82 Å². The van der Waals surface area contributed by atoms with Gasteiger partial charge in [-0.3, -0.25) is 10.2 Å². The second-order valence-electron chi connectivity index (χ2n) is 4.83. The highest BCUT2D eigenvalue weighted by molar-refractivity contribution is 7.22. The van der Waals surface area contributed by atoms with Crippen molar-refractivity contribution >= 4 is 33.1 Å². The maximum Gasteiger partial charge on any atom is 0.126 e. The van der Waals surface area contributed by atoms with E-state index in [1.807, 2.05) is 24.3 Å². The van der Waals surface area contributed by atoms with Gasteiger partial charge in [-0.2, -0.15) is 10.2 Å². The zero-order chi connectivity index (χ0) is 14.9. The van der Waals surface area contributed by atoms with Crippen molar-refractivity contribution in [2.75, 3.05) is 11.1 Å². The third-order valence-corrected chi connectivity index (χ3v) is 4.48. The first-order chi connectivity index (χ1) is 10.8. The molecule has 8 heteroatoms. The number of nitrogens with zero attached hydrogens (tertiary/aromatic N) is 3. The minimum Gasteiger partial charge on any atom is -0.384 e. The fourth-order valence-corrected chi connectivity index (χ4v) is 3.34. The first-order valence-corrected chi connectivity index (χ1v) is 7.53. The SMILES string of the molecule is Nc1cc(NCc2ccn[nH]2)c2sc(-c3ccn[nH]3)cc2n1. The Morgan fingerprint density at radius 3 is 2.77 bits per heavy atom. The van der Waals surface area contributed by atoms with Crippen molar-refractivity contribution in [3.63, 3.8) is 0 Å². The Bertz CT molecular complexity index is 893. The summed E-state index contributed by atoms with van der Waals surface area (Å²) >= 11 is 1.65. The minimum atomic E-state index is 0.494. The predicted molar refractivity (Wildman–Crippen MR) is 87.5 cm³/mol. The van der Waals surface area contributed by atoms with Gasteiger partial charge >= 0.3 is 0 Å². The highest BCUT2D eigenvalue weighted by Gasteiger charge is 2.11. The maximum absolute atomic E-state index is 5.91. The monoisotopic (exact) mass is 311 g/mol. The number of thiophene rings is 1. The van der Waals surface area contributed by atoms with E-state index in [-0.39, 0.29) is 0 Å². The van der Waals surface area contributed by atoms with Gasteiger partial charge in [0.15, 0.2) is 0 Å². The van der Waals surface area contributed by atoms with E-state index in [0.29, 0.717) is 12.4 Å². The van der Waals surface area contributed by atoms with E-state index in [1.54, 1.807) is 23.7 Å². The summed E-state index contributed by atoms with van der Waals surface area (Å²) in [6, 6.07) is 7.74. The van der Waals surface area contributed by atoms with Gasteiger partial charge in [0.05, 0.1) is 38.7 Å². The van der Waals surface area contributed by atoms with Gasteiger partial charge in [-0.1, -0.05) is 0 Å². The summed E-state index contributed by atoms with van der Waals surface area (Å²) in [5.74, 6) is 0.494. The van der Waals surface area contributed by atoms with E-state index in [0.717, 1.165) is 32.2 Å². The molecule has 0 spiro atoms. The molecule has 7 nitrogen and oxygen atoms in total. The van der Waals surface area contributed by atoms with Crippen molar-refractivity contribution in [1.29, 1.82) is 0 Å². The van der Waals surface area contributed by atoms with Crippen LogP contribution >= 0.6 is 11.3 Å². The Hall–Kier alpha value is -2.87. The number of nitrogen functional groups attached to an aromatic ring is 1. The van der Waals surface area contributed by atoms with Crippen LogP contribution in [0.4, 0.5) is 11.5 Å². The number of rotatable bonds is 4. The number of fused-ring (bicyclic) bond motifs is 1. The molecule has 0 saturated heterocycles. The molecule has 0 aromatic carbocycles. The summed E-state index contributed by atoms with van der Waals surface area (Å²) in [5, 5.41) is 17.2. The highest BCUT2D eigenvalue weighted by Crippen LogP contribution is 2.36. The van der Waals surface area contributed by atoms with E-state index in [9.17, 15) is 0 Å². The largest absolute Gasteiger partial charge is 0.384 e. The predicted octanol–water partition coefficient (Wildman–Crippen LogP) is 2.60. The Morgan fingerprint density at radius 2 is 2.00 bits per heavy atom. The number of H-pyrrole nitrogens is 2. The molecule has 0 aliphatic carbocycles. The van der Waals surface area contributed by atoms with Crippen molar-refractivity contribution in [2.24, 2.45) is 0 Å². The molecule has 0 fully saturated rings. The van der Waals surface area contributed by atoms with Gasteiger partial charge in [0.2, 0.25) is 0 Å². The van der Waals surface area contributed by atoms with Crippen molar-refractivity contribution in [3.8, 4) is 10.6 Å². The van der Waals surface area contributed by atoms with E-state index in [1.165, 1.54) is 0 Å². The average molecular weight is 311 g/mol. The van der Waals surface area contributed by atoms with Crippen molar-refractivity contribution in [1.82, 2.24) is 25.4 Å². The molecule has 0 bridgehead atoms. The summed E-state index contributed by atoms with van der Waals surface area (Å²) in [5.41, 5.74) is 9.74. The van der Waals surface area contributed by atoms with E-state index < -0.39 is 0 Å². The van der Waals surface area contributed by atoms with E-state index in [2.05, 4.69) is 30.7 Å². The number of anilines is 2. The molecule has 0 aliphatic heterocycles. The lowest BCUT2D eigenvalue weighted by Crippen LogP contribution is -2.01. The van der Waals surface area contributed by atoms with Crippen LogP contribution in [0.5, 0.6) is 0 Å². The normalized spacial score (nSPS) is 11.1. The molecule has 0 saturated carbocycles. The number of hydrogen-bond acceptors (Lipinski definition) is 6. The Kier molecular flexibility index (Phi) is 3.01. The summed E-state index contributed by atoms with van der Waals surface area (Å²) in [6.07, 6.45) is 3.47. The van der Waals surface area contributed by atoms with Crippen LogP contribution < -0.4 is 11.1 Å². The fourth-order valence-electron chi connectivity index (χ4n) is 2.27. The van der Waals surface area contributed by atoms with Crippen LogP contribution in [0.2, 0.25) is 0 Å². The molecule has 0 radical (unpaired) electrons. The van der Waals surface area contributed by atoms with Gasteiger partial charge in [-0.05, 0) is 18.2 Å². The number of nitrogens with one attached hydrogen (secondary N) is 3. The Morgan fingerprint density at radius 1 is 1.14 bits per heavy atom. The molecule has 0 unspecified atom stereocenters. The zero-order valence-electron chi connectivity index (χ0n) is 11.5. The number of aromatic nitrogens is 5. The Balaban J connectivity index is 1.73. The first-order valence-electron chi connectivity index (χ1n) is 6.71. The van der Waals surface area contributed by atoms with Gasteiger partial charge in [-0.15, -0.1) is 11.3 Å². The smallest absolute Gasteiger partial charge is 0.126 e. The number of pyridine rings is 1. The number of aromatic amines is 2. The quantitative estimate of drug-likeness (QED) is 0.463. The number of hydrogen-bond donors (Lipinski definition) is 4. The molecule has 0 amide bonds. The van der Waals surface area contributed by atoms with Crippen LogP contribution in [0.25, 0.3) is 20.8 Å². The third kappa shape index (κ3) is 2.29. The second kappa shape index (κ2) is 5.15. The molecule has 0 atom stereocenters. The van der Waals surface area contributed by atoms with Crippen LogP contribution in [-0.2, 0) is 6.54 Å². The van der Waals surface area contributed by atoms with Crippen LogP contribution in [-0.4, -0.2) is 25.4 Å². The molecule has 4 heterocycles. The lowest BCUT2D eigenvalue weighted by molar-refractivity contribution is 0.983. The van der Waals surface area contributed by atoms with Crippen molar-refractivity contribution < 1.29 is 0 Å². The van der Waals surface area contributed by atoms with Gasteiger partial charge in [-0.25, -0.2) is 4.98 Å². The molecule has 4 aromatic heterocycles. The highest BCUT2D eigenvalue weighted by atomic mass is 32.1. The fraction of sp³-hybridized carbons (Fsp3) is 0.0714. The first kappa shape index (κ1) is 12.8. The molecule has 5 N–H and O–H groups in total. The molecule has 110 valence electrons. The molecular formula is C14H13N7S. The third-order valence-electron chi connectivity index (χ3n) is 3.29. The molecule has 4 rings (SSSR count). The van der Waals surface area contributed by atoms with Crippen molar-refractivity contribution in [2.45, 2.75) is 6.54 Å². The minimum absolute atomic E-state index is 0.494.